The normalized spacial score (nSPS) is 15.7. The van der Waals surface area contributed by atoms with Crippen molar-refractivity contribution in [3.8, 4) is 0 Å². The van der Waals surface area contributed by atoms with Crippen molar-refractivity contribution in [2.24, 2.45) is 5.73 Å². The Labute approximate surface area is 86.6 Å². The lowest BCUT2D eigenvalue weighted by molar-refractivity contribution is 0.0989. The lowest BCUT2D eigenvalue weighted by Crippen LogP contribution is -2.14. The molecule has 0 unspecified atom stereocenters. The van der Waals surface area contributed by atoms with Crippen LogP contribution >= 0.6 is 11.8 Å². The molecule has 1 aromatic carbocycles. The molecule has 0 saturated carbocycles. The van der Waals surface area contributed by atoms with Crippen molar-refractivity contribution in [2.75, 3.05) is 12.4 Å². The van der Waals surface area contributed by atoms with Crippen LogP contribution in [0.5, 0.6) is 0 Å². The predicted octanol–water partition coefficient (Wildman–Crippen LogP) is 1.41. The van der Waals surface area contributed by atoms with Gasteiger partial charge in [-0.25, -0.2) is 0 Å². The molecule has 0 bridgehead atoms. The molecule has 1 aromatic rings. The number of amides is 1. The Kier molecular flexibility index (Phi) is 2.74. The standard InChI is InChI=1S/C10H11NO2S/c11-10(12)7-2-1-3-9-8(7)6-13-4-5-14-9/h1-3H,4-6H2,(H2,11,12). The van der Waals surface area contributed by atoms with Gasteiger partial charge in [0.05, 0.1) is 13.2 Å². The minimum absolute atomic E-state index is 0.382. The summed E-state index contributed by atoms with van der Waals surface area (Å²) in [5.41, 5.74) is 6.80. The Morgan fingerprint density at radius 3 is 3.14 bits per heavy atom. The summed E-state index contributed by atoms with van der Waals surface area (Å²) in [6.07, 6.45) is 0. The van der Waals surface area contributed by atoms with Crippen LogP contribution in [0.25, 0.3) is 0 Å². The number of primary amides is 1. The molecular formula is C10H11NO2S. The summed E-state index contributed by atoms with van der Waals surface area (Å²) in [5.74, 6) is 0.544. The molecule has 14 heavy (non-hydrogen) atoms. The summed E-state index contributed by atoms with van der Waals surface area (Å²) in [5, 5.41) is 0. The second-order valence-electron chi connectivity index (χ2n) is 3.05. The van der Waals surface area contributed by atoms with Crippen molar-refractivity contribution in [1.29, 1.82) is 0 Å². The molecule has 0 radical (unpaired) electrons. The predicted molar refractivity (Wildman–Crippen MR) is 55.3 cm³/mol. The van der Waals surface area contributed by atoms with Crippen LogP contribution in [0.15, 0.2) is 23.1 Å². The average molecular weight is 209 g/mol. The van der Waals surface area contributed by atoms with Gasteiger partial charge in [0, 0.05) is 21.8 Å². The van der Waals surface area contributed by atoms with Crippen LogP contribution in [0.4, 0.5) is 0 Å². The van der Waals surface area contributed by atoms with E-state index >= 15 is 0 Å². The largest absolute Gasteiger partial charge is 0.376 e. The Hall–Kier alpha value is -1.00. The molecule has 0 aliphatic carbocycles. The van der Waals surface area contributed by atoms with Gasteiger partial charge in [0.15, 0.2) is 0 Å². The molecule has 2 rings (SSSR count). The Bertz CT molecular complexity index is 365. The topological polar surface area (TPSA) is 52.3 Å². The number of rotatable bonds is 1. The molecular weight excluding hydrogens is 198 g/mol. The molecule has 0 atom stereocenters. The molecule has 1 amide bonds. The number of thioether (sulfide) groups is 1. The zero-order valence-electron chi connectivity index (χ0n) is 7.66. The smallest absolute Gasteiger partial charge is 0.249 e. The number of hydrogen-bond acceptors (Lipinski definition) is 3. The third-order valence-corrected chi connectivity index (χ3v) is 3.19. The van der Waals surface area contributed by atoms with E-state index in [-0.39, 0.29) is 5.91 Å². The van der Waals surface area contributed by atoms with Gasteiger partial charge in [-0.15, -0.1) is 11.8 Å². The fraction of sp³-hybridized carbons (Fsp3) is 0.300. The second-order valence-corrected chi connectivity index (χ2v) is 4.18. The van der Waals surface area contributed by atoms with Gasteiger partial charge in [-0.2, -0.15) is 0 Å². The Balaban J connectivity index is 2.47. The SMILES string of the molecule is NC(=O)c1cccc2c1COCCS2. The number of fused-ring (bicyclic) bond motifs is 1. The lowest BCUT2D eigenvalue weighted by Gasteiger charge is -2.07. The summed E-state index contributed by atoms with van der Waals surface area (Å²) >= 11 is 1.71. The lowest BCUT2D eigenvalue weighted by atomic mass is 10.1. The van der Waals surface area contributed by atoms with Crippen LogP contribution in [-0.2, 0) is 11.3 Å². The molecule has 2 N–H and O–H groups in total. The first-order valence-corrected chi connectivity index (χ1v) is 5.40. The molecule has 1 aliphatic heterocycles. The molecule has 0 aromatic heterocycles. The molecule has 4 heteroatoms. The van der Waals surface area contributed by atoms with Crippen LogP contribution in [0.2, 0.25) is 0 Å². The minimum atomic E-state index is -0.382. The average Bonchev–Trinajstić information content (AvgIpc) is 2.41. The van der Waals surface area contributed by atoms with Crippen molar-refractivity contribution in [3.05, 3.63) is 29.3 Å². The number of carbonyl (C=O) groups is 1. The fourth-order valence-electron chi connectivity index (χ4n) is 1.47. The molecule has 1 heterocycles. The fourth-order valence-corrected chi connectivity index (χ4v) is 2.40. The number of nitrogens with two attached hydrogens (primary N) is 1. The van der Waals surface area contributed by atoms with Gasteiger partial charge >= 0.3 is 0 Å². The van der Waals surface area contributed by atoms with Crippen LogP contribution in [0.3, 0.4) is 0 Å². The highest BCUT2D eigenvalue weighted by atomic mass is 32.2. The number of benzene rings is 1. The highest BCUT2D eigenvalue weighted by molar-refractivity contribution is 7.99. The van der Waals surface area contributed by atoms with E-state index in [1.807, 2.05) is 12.1 Å². The summed E-state index contributed by atoms with van der Waals surface area (Å²) < 4.78 is 5.38. The van der Waals surface area contributed by atoms with E-state index in [0.29, 0.717) is 12.2 Å². The van der Waals surface area contributed by atoms with E-state index in [2.05, 4.69) is 0 Å². The third kappa shape index (κ3) is 1.76. The molecule has 0 saturated heterocycles. The van der Waals surface area contributed by atoms with Crippen molar-refractivity contribution in [3.63, 3.8) is 0 Å². The highest BCUT2D eigenvalue weighted by Gasteiger charge is 2.15. The number of hydrogen-bond donors (Lipinski definition) is 1. The minimum Gasteiger partial charge on any atom is -0.376 e. The van der Waals surface area contributed by atoms with Gasteiger partial charge in [-0.3, -0.25) is 4.79 Å². The summed E-state index contributed by atoms with van der Waals surface area (Å²) in [6, 6.07) is 5.61. The first kappa shape index (κ1) is 9.55. The van der Waals surface area contributed by atoms with Crippen LogP contribution in [0.1, 0.15) is 15.9 Å². The molecule has 0 spiro atoms. The maximum atomic E-state index is 11.1. The Morgan fingerprint density at radius 1 is 1.50 bits per heavy atom. The quantitative estimate of drug-likeness (QED) is 0.760. The van der Waals surface area contributed by atoms with E-state index in [0.717, 1.165) is 22.8 Å². The number of carbonyl (C=O) groups excluding carboxylic acids is 1. The van der Waals surface area contributed by atoms with Gasteiger partial charge in [0.2, 0.25) is 5.91 Å². The van der Waals surface area contributed by atoms with Crippen molar-refractivity contribution >= 4 is 17.7 Å². The van der Waals surface area contributed by atoms with Crippen molar-refractivity contribution in [1.82, 2.24) is 0 Å². The van der Waals surface area contributed by atoms with E-state index in [4.69, 9.17) is 10.5 Å². The summed E-state index contributed by atoms with van der Waals surface area (Å²) in [4.78, 5) is 12.3. The van der Waals surface area contributed by atoms with E-state index in [9.17, 15) is 4.79 Å². The van der Waals surface area contributed by atoms with Crippen LogP contribution in [-0.4, -0.2) is 18.3 Å². The van der Waals surface area contributed by atoms with E-state index in [1.165, 1.54) is 0 Å². The molecule has 74 valence electrons. The second kappa shape index (κ2) is 4.02. The van der Waals surface area contributed by atoms with Gasteiger partial charge in [-0.1, -0.05) is 6.07 Å². The zero-order chi connectivity index (χ0) is 9.97. The number of ether oxygens (including phenoxy) is 1. The maximum Gasteiger partial charge on any atom is 0.249 e. The van der Waals surface area contributed by atoms with Gasteiger partial charge < -0.3 is 10.5 Å². The summed E-state index contributed by atoms with van der Waals surface area (Å²) in [7, 11) is 0. The molecule has 3 nitrogen and oxygen atoms in total. The molecule has 1 aliphatic rings. The van der Waals surface area contributed by atoms with E-state index in [1.54, 1.807) is 17.8 Å². The maximum absolute atomic E-state index is 11.1. The monoisotopic (exact) mass is 209 g/mol. The Morgan fingerprint density at radius 2 is 2.36 bits per heavy atom. The first-order chi connectivity index (χ1) is 6.79. The van der Waals surface area contributed by atoms with Gasteiger partial charge in [0.1, 0.15) is 0 Å². The van der Waals surface area contributed by atoms with Crippen molar-refractivity contribution in [2.45, 2.75) is 11.5 Å². The van der Waals surface area contributed by atoms with E-state index < -0.39 is 0 Å². The highest BCUT2D eigenvalue weighted by Crippen LogP contribution is 2.28. The van der Waals surface area contributed by atoms with Crippen LogP contribution in [0, 0.1) is 0 Å². The zero-order valence-corrected chi connectivity index (χ0v) is 8.47. The first-order valence-electron chi connectivity index (χ1n) is 4.41. The third-order valence-electron chi connectivity index (χ3n) is 2.13. The van der Waals surface area contributed by atoms with Gasteiger partial charge in [0.25, 0.3) is 0 Å². The van der Waals surface area contributed by atoms with Gasteiger partial charge in [-0.05, 0) is 12.1 Å². The van der Waals surface area contributed by atoms with Crippen molar-refractivity contribution < 1.29 is 9.53 Å². The van der Waals surface area contributed by atoms with Crippen LogP contribution < -0.4 is 5.73 Å². The molecule has 0 fully saturated rings. The summed E-state index contributed by atoms with van der Waals surface area (Å²) in [6.45, 7) is 1.21.